The highest BCUT2D eigenvalue weighted by atomic mass is 35.5. The van der Waals surface area contributed by atoms with Crippen molar-refractivity contribution in [2.45, 2.75) is 70.6 Å². The molecular formula is C29H37ClN2O5. The molecule has 2 heterocycles. The number of ether oxygens (including phenoxy) is 1. The molecule has 1 aromatic rings. The molecule has 1 saturated carbocycles. The minimum atomic E-state index is -0.435. The molecule has 1 amide bonds. The summed E-state index contributed by atoms with van der Waals surface area (Å²) in [5.41, 5.74) is 2.17. The lowest BCUT2D eigenvalue weighted by molar-refractivity contribution is -0.137. The smallest absolute Gasteiger partial charge is 0.338 e. The molecule has 7 nitrogen and oxygen atoms in total. The van der Waals surface area contributed by atoms with E-state index in [1.807, 2.05) is 17.1 Å². The number of nitrogens with zero attached hydrogens (tertiary/aromatic N) is 2. The van der Waals surface area contributed by atoms with Gasteiger partial charge in [-0.3, -0.25) is 4.79 Å². The van der Waals surface area contributed by atoms with Gasteiger partial charge >= 0.3 is 5.97 Å². The Morgan fingerprint density at radius 3 is 2.76 bits per heavy atom. The molecule has 4 rings (SSSR count). The van der Waals surface area contributed by atoms with Crippen LogP contribution in [0, 0.1) is 5.92 Å². The Morgan fingerprint density at radius 2 is 2.00 bits per heavy atom. The molecule has 200 valence electrons. The van der Waals surface area contributed by atoms with E-state index in [-0.39, 0.29) is 35.6 Å². The summed E-state index contributed by atoms with van der Waals surface area (Å²) in [5.74, 6) is -0.0524. The Balaban J connectivity index is 1.63. The lowest BCUT2D eigenvalue weighted by Crippen LogP contribution is -2.37. The number of cyclic esters (lactones) is 1. The van der Waals surface area contributed by atoms with Gasteiger partial charge in [-0.05, 0) is 86.5 Å². The Bertz CT molecular complexity index is 1070. The number of aromatic hydroxyl groups is 1. The van der Waals surface area contributed by atoms with Gasteiger partial charge in [-0.1, -0.05) is 41.9 Å². The number of piperidine rings is 1. The SMILES string of the molecule is CC1/C=C/CCCOC(=O)c2c(C3CC3)cc(O)c(Cl)c2CC(=N\OCC(=O)N2CCCCC2)/C=C/C1. The van der Waals surface area contributed by atoms with E-state index in [0.717, 1.165) is 70.0 Å². The maximum Gasteiger partial charge on any atom is 0.338 e. The van der Waals surface area contributed by atoms with Crippen molar-refractivity contribution in [3.8, 4) is 5.75 Å². The molecule has 1 aromatic carbocycles. The van der Waals surface area contributed by atoms with Crippen LogP contribution in [0.5, 0.6) is 5.75 Å². The van der Waals surface area contributed by atoms with E-state index in [4.69, 9.17) is 21.2 Å². The van der Waals surface area contributed by atoms with Gasteiger partial charge in [0.05, 0.1) is 22.9 Å². The van der Waals surface area contributed by atoms with Crippen LogP contribution >= 0.6 is 11.6 Å². The first-order valence-electron chi connectivity index (χ1n) is 13.4. The second kappa shape index (κ2) is 13.1. The van der Waals surface area contributed by atoms with Crippen molar-refractivity contribution >= 4 is 29.2 Å². The van der Waals surface area contributed by atoms with Crippen molar-refractivity contribution < 1.29 is 24.3 Å². The van der Waals surface area contributed by atoms with Crippen molar-refractivity contribution in [2.24, 2.45) is 11.1 Å². The second-order valence-electron chi connectivity index (χ2n) is 10.2. The number of carbonyl (C=O) groups is 2. The molecule has 1 saturated heterocycles. The molecule has 1 unspecified atom stereocenters. The Morgan fingerprint density at radius 1 is 1.22 bits per heavy atom. The van der Waals surface area contributed by atoms with E-state index < -0.39 is 5.97 Å². The average Bonchev–Trinajstić information content (AvgIpc) is 3.73. The molecule has 1 aliphatic carbocycles. The van der Waals surface area contributed by atoms with Crippen molar-refractivity contribution in [1.82, 2.24) is 4.90 Å². The largest absolute Gasteiger partial charge is 0.506 e. The van der Waals surface area contributed by atoms with Gasteiger partial charge in [0, 0.05) is 19.5 Å². The van der Waals surface area contributed by atoms with Crippen LogP contribution in [0.2, 0.25) is 5.02 Å². The van der Waals surface area contributed by atoms with Crippen molar-refractivity contribution in [2.75, 3.05) is 26.3 Å². The first-order chi connectivity index (χ1) is 17.9. The van der Waals surface area contributed by atoms with E-state index in [0.29, 0.717) is 29.4 Å². The topological polar surface area (TPSA) is 88.4 Å². The zero-order valence-electron chi connectivity index (χ0n) is 21.6. The molecule has 0 radical (unpaired) electrons. The first kappa shape index (κ1) is 27.2. The number of hydrogen-bond donors (Lipinski definition) is 1. The molecular weight excluding hydrogens is 492 g/mol. The molecule has 8 heteroatoms. The van der Waals surface area contributed by atoms with E-state index in [1.54, 1.807) is 6.07 Å². The van der Waals surface area contributed by atoms with Crippen LogP contribution in [0.3, 0.4) is 0 Å². The summed E-state index contributed by atoms with van der Waals surface area (Å²) >= 11 is 6.58. The van der Waals surface area contributed by atoms with Crippen LogP contribution in [-0.2, 0) is 20.8 Å². The monoisotopic (exact) mass is 528 g/mol. The fourth-order valence-electron chi connectivity index (χ4n) is 4.82. The van der Waals surface area contributed by atoms with Gasteiger partial charge in [0.1, 0.15) is 5.75 Å². The zero-order chi connectivity index (χ0) is 26.2. The Labute approximate surface area is 224 Å². The predicted molar refractivity (Wildman–Crippen MR) is 144 cm³/mol. The number of benzene rings is 1. The van der Waals surface area contributed by atoms with Gasteiger partial charge in [0.15, 0.2) is 6.61 Å². The van der Waals surface area contributed by atoms with E-state index in [1.165, 1.54) is 0 Å². The van der Waals surface area contributed by atoms with Crippen molar-refractivity contribution in [3.63, 3.8) is 0 Å². The van der Waals surface area contributed by atoms with Crippen molar-refractivity contribution in [1.29, 1.82) is 0 Å². The minimum Gasteiger partial charge on any atom is -0.506 e. The van der Waals surface area contributed by atoms with Crippen LogP contribution in [0.4, 0.5) is 0 Å². The number of carbonyl (C=O) groups excluding carboxylic acids is 2. The third-order valence-corrected chi connectivity index (χ3v) is 7.48. The van der Waals surface area contributed by atoms with Crippen LogP contribution in [0.25, 0.3) is 0 Å². The number of phenolic OH excluding ortho intramolecular Hbond substituents is 1. The molecule has 0 spiro atoms. The highest BCUT2D eigenvalue weighted by Crippen LogP contribution is 2.46. The number of likely N-dealkylation sites (tertiary alicyclic amines) is 1. The Hall–Kier alpha value is -2.80. The highest BCUT2D eigenvalue weighted by Gasteiger charge is 2.33. The second-order valence-corrected chi connectivity index (χ2v) is 10.6. The van der Waals surface area contributed by atoms with E-state index in [2.05, 4.69) is 24.2 Å². The van der Waals surface area contributed by atoms with Gasteiger partial charge in [0.2, 0.25) is 0 Å². The molecule has 1 atom stereocenters. The van der Waals surface area contributed by atoms with Gasteiger partial charge in [-0.15, -0.1) is 0 Å². The summed E-state index contributed by atoms with van der Waals surface area (Å²) in [4.78, 5) is 33.2. The number of esters is 1. The fraction of sp³-hybridized carbons (Fsp3) is 0.552. The van der Waals surface area contributed by atoms with Crippen LogP contribution in [-0.4, -0.2) is 53.9 Å². The first-order valence-corrected chi connectivity index (χ1v) is 13.8. The molecule has 2 fully saturated rings. The van der Waals surface area contributed by atoms with E-state index >= 15 is 0 Å². The lowest BCUT2D eigenvalue weighted by Gasteiger charge is -2.26. The van der Waals surface area contributed by atoms with Crippen LogP contribution in [0.1, 0.15) is 85.7 Å². The highest BCUT2D eigenvalue weighted by molar-refractivity contribution is 6.33. The normalized spacial score (nSPS) is 24.4. The molecule has 0 aromatic heterocycles. The van der Waals surface area contributed by atoms with Gasteiger partial charge < -0.3 is 19.6 Å². The van der Waals surface area contributed by atoms with Crippen LogP contribution < -0.4 is 0 Å². The number of fused-ring (bicyclic) bond motifs is 1. The maximum absolute atomic E-state index is 13.3. The molecule has 0 bridgehead atoms. The number of oxime groups is 1. The maximum atomic E-state index is 13.3. The minimum absolute atomic E-state index is 0.0598. The third kappa shape index (κ3) is 7.60. The average molecular weight is 529 g/mol. The van der Waals surface area contributed by atoms with Crippen LogP contribution in [0.15, 0.2) is 35.5 Å². The lowest BCUT2D eigenvalue weighted by atomic mass is 9.93. The summed E-state index contributed by atoms with van der Waals surface area (Å²) < 4.78 is 5.65. The summed E-state index contributed by atoms with van der Waals surface area (Å²) in [6.45, 7) is 3.79. The van der Waals surface area contributed by atoms with Gasteiger partial charge in [-0.25, -0.2) is 4.79 Å². The Kier molecular flexibility index (Phi) is 9.67. The van der Waals surface area contributed by atoms with Gasteiger partial charge in [0.25, 0.3) is 5.91 Å². The third-order valence-electron chi connectivity index (χ3n) is 7.06. The number of halogens is 1. The van der Waals surface area contributed by atoms with Crippen molar-refractivity contribution in [3.05, 3.63) is 52.1 Å². The summed E-state index contributed by atoms with van der Waals surface area (Å²) in [6.07, 6.45) is 15.7. The van der Waals surface area contributed by atoms with E-state index in [9.17, 15) is 14.7 Å². The number of amides is 1. The fourth-order valence-corrected chi connectivity index (χ4v) is 5.03. The quantitative estimate of drug-likeness (QED) is 0.297. The zero-order valence-corrected chi connectivity index (χ0v) is 22.3. The molecule has 2 aliphatic heterocycles. The summed E-state index contributed by atoms with van der Waals surface area (Å²) in [7, 11) is 0. The summed E-state index contributed by atoms with van der Waals surface area (Å²) in [5, 5.41) is 15.0. The number of phenols is 1. The molecule has 3 aliphatic rings. The molecule has 1 N–H and O–H groups in total. The summed E-state index contributed by atoms with van der Waals surface area (Å²) in [6, 6.07) is 1.60. The standard InChI is InChI=1S/C29H37ClN2O5/c1-20-9-4-2-7-16-36-29(35)27-23(21-12-13-21)18-25(33)28(30)24(27)17-22(11-8-10-20)31-37-19-26(34)32-14-5-3-6-15-32/h4,8-9,11,18,20-21,33H,2-3,5-7,10,12-17,19H2,1H3/b9-4+,11-8+,31-22-. The number of hydrogen-bond acceptors (Lipinski definition) is 6. The number of rotatable bonds is 4. The predicted octanol–water partition coefficient (Wildman–Crippen LogP) is 5.94. The molecule has 37 heavy (non-hydrogen) atoms. The van der Waals surface area contributed by atoms with Gasteiger partial charge in [-0.2, -0.15) is 0 Å². The number of allylic oxidation sites excluding steroid dienone is 4.